The zero-order valence-corrected chi connectivity index (χ0v) is 10.3. The number of carboxylic acid groups (broad SMARTS) is 1. The molecule has 100 valence electrons. The zero-order chi connectivity index (χ0) is 14.3. The number of rotatable bonds is 2. The van der Waals surface area contributed by atoms with Gasteiger partial charge in [0.05, 0.1) is 12.7 Å². The zero-order valence-electron chi connectivity index (χ0n) is 10.3. The number of phenols is 2. The van der Waals surface area contributed by atoms with E-state index in [0.717, 1.165) is 0 Å². The summed E-state index contributed by atoms with van der Waals surface area (Å²) in [6.45, 7) is 0. The van der Waals surface area contributed by atoms with Crippen LogP contribution >= 0.6 is 0 Å². The molecule has 3 N–H and O–H groups in total. The van der Waals surface area contributed by atoms with Crippen LogP contribution in [-0.2, 0) is 0 Å². The monoisotopic (exact) mass is 262 g/mol. The lowest BCUT2D eigenvalue weighted by molar-refractivity contribution is 0.0697. The minimum atomic E-state index is -0.879. The third-order valence-electron chi connectivity index (χ3n) is 2.18. The number of carboxylic acids is 1. The van der Waals surface area contributed by atoms with Gasteiger partial charge in [-0.05, 0) is 24.3 Å². The van der Waals surface area contributed by atoms with Crippen molar-refractivity contribution in [1.29, 1.82) is 0 Å². The van der Waals surface area contributed by atoms with Crippen molar-refractivity contribution in [2.75, 3.05) is 7.11 Å². The molecule has 2 aromatic carbocycles. The smallest absolute Gasteiger partial charge is 0.335 e. The highest BCUT2D eigenvalue weighted by atomic mass is 16.5. The van der Waals surface area contributed by atoms with Crippen molar-refractivity contribution in [2.24, 2.45) is 0 Å². The summed E-state index contributed by atoms with van der Waals surface area (Å²) in [6.07, 6.45) is 0. The maximum atomic E-state index is 10.2. The Labute approximate surface area is 110 Å². The normalized spacial score (nSPS) is 9.11. The number of methoxy groups -OCH3 is 1. The number of carbonyl (C=O) groups is 1. The Balaban J connectivity index is 0.000000191. The van der Waals surface area contributed by atoms with Gasteiger partial charge < -0.3 is 20.1 Å². The van der Waals surface area contributed by atoms with E-state index in [1.165, 1.54) is 25.3 Å². The number of hydrogen-bond acceptors (Lipinski definition) is 4. The van der Waals surface area contributed by atoms with Crippen LogP contribution in [0.1, 0.15) is 10.4 Å². The fourth-order valence-corrected chi connectivity index (χ4v) is 1.25. The number of aromatic hydroxyl groups is 2. The summed E-state index contributed by atoms with van der Waals surface area (Å²) < 4.78 is 4.72. The van der Waals surface area contributed by atoms with Crippen LogP contribution in [0.4, 0.5) is 0 Å². The van der Waals surface area contributed by atoms with Gasteiger partial charge in [-0.3, -0.25) is 0 Å². The Morgan fingerprint density at radius 3 is 2.11 bits per heavy atom. The summed E-state index contributed by atoms with van der Waals surface area (Å²) in [4.78, 5) is 10.2. The van der Waals surface area contributed by atoms with Gasteiger partial charge in [0.15, 0.2) is 11.5 Å². The van der Waals surface area contributed by atoms with Crippen molar-refractivity contribution >= 4 is 5.97 Å². The first kappa shape index (κ1) is 14.4. The number of aromatic carboxylic acids is 1. The molecule has 5 nitrogen and oxygen atoms in total. The number of benzene rings is 2. The van der Waals surface area contributed by atoms with Crippen molar-refractivity contribution in [1.82, 2.24) is 0 Å². The Bertz CT molecular complexity index is 537. The molecule has 0 spiro atoms. The Hall–Kier alpha value is -2.69. The molecule has 0 fully saturated rings. The molecule has 0 bridgehead atoms. The molecular formula is C14H14O5. The lowest BCUT2D eigenvalue weighted by Gasteiger charge is -2.01. The highest BCUT2D eigenvalue weighted by Gasteiger charge is 1.99. The van der Waals surface area contributed by atoms with Crippen LogP contribution < -0.4 is 4.74 Å². The molecule has 5 heteroatoms. The van der Waals surface area contributed by atoms with E-state index in [-0.39, 0.29) is 17.2 Å². The Morgan fingerprint density at radius 1 is 1.05 bits per heavy atom. The molecule has 0 aliphatic heterocycles. The quantitative estimate of drug-likeness (QED) is 0.724. The lowest BCUT2D eigenvalue weighted by Crippen LogP contribution is -1.93. The molecule has 0 saturated carbocycles. The van der Waals surface area contributed by atoms with Crippen molar-refractivity contribution in [3.63, 3.8) is 0 Å². The molecule has 0 radical (unpaired) electrons. The molecule has 2 aromatic rings. The first-order valence-corrected chi connectivity index (χ1v) is 5.39. The molecular weight excluding hydrogens is 248 g/mol. The fourth-order valence-electron chi connectivity index (χ4n) is 1.25. The topological polar surface area (TPSA) is 87.0 Å². The van der Waals surface area contributed by atoms with E-state index in [9.17, 15) is 4.79 Å². The van der Waals surface area contributed by atoms with Crippen LogP contribution in [0.25, 0.3) is 0 Å². The average Bonchev–Trinajstić information content (AvgIpc) is 2.43. The fraction of sp³-hybridized carbons (Fsp3) is 0.0714. The van der Waals surface area contributed by atoms with Gasteiger partial charge in [-0.25, -0.2) is 4.79 Å². The highest BCUT2D eigenvalue weighted by molar-refractivity contribution is 5.87. The van der Waals surface area contributed by atoms with Gasteiger partial charge in [0.2, 0.25) is 0 Å². The van der Waals surface area contributed by atoms with Gasteiger partial charge >= 0.3 is 5.97 Å². The molecule has 0 unspecified atom stereocenters. The molecule has 0 atom stereocenters. The van der Waals surface area contributed by atoms with Gasteiger partial charge in [0.1, 0.15) is 5.75 Å². The van der Waals surface area contributed by atoms with Crippen molar-refractivity contribution in [3.8, 4) is 17.2 Å². The predicted molar refractivity (Wildman–Crippen MR) is 69.7 cm³/mol. The Kier molecular flexibility index (Phi) is 5.22. The Morgan fingerprint density at radius 2 is 1.68 bits per heavy atom. The molecule has 0 aliphatic rings. The first-order chi connectivity index (χ1) is 9.04. The molecule has 2 rings (SSSR count). The van der Waals surface area contributed by atoms with Gasteiger partial charge in [-0.15, -0.1) is 0 Å². The molecule has 19 heavy (non-hydrogen) atoms. The molecule has 0 aliphatic carbocycles. The summed E-state index contributed by atoms with van der Waals surface area (Å²) in [5, 5.41) is 26.3. The third-order valence-corrected chi connectivity index (χ3v) is 2.18. The molecule has 0 aromatic heterocycles. The standard InChI is InChI=1S/C7H8O3.C7H6O2/c1-10-7-4-5(8)2-3-6(7)9;8-7(9)6-4-2-1-3-5-6/h2-4,8-9H,1H3;1-5H,(H,8,9). The van der Waals surface area contributed by atoms with Gasteiger partial charge in [0, 0.05) is 6.07 Å². The van der Waals surface area contributed by atoms with Crippen molar-refractivity contribution in [3.05, 3.63) is 54.1 Å². The summed E-state index contributed by atoms with van der Waals surface area (Å²) >= 11 is 0. The number of phenolic OH excluding ortho intramolecular Hbond substituents is 2. The summed E-state index contributed by atoms with van der Waals surface area (Å²) in [5.41, 5.74) is 0.331. The molecule has 0 heterocycles. The minimum absolute atomic E-state index is 0.0281. The van der Waals surface area contributed by atoms with E-state index in [4.69, 9.17) is 20.1 Å². The van der Waals surface area contributed by atoms with Crippen LogP contribution in [0.3, 0.4) is 0 Å². The van der Waals surface area contributed by atoms with E-state index in [2.05, 4.69) is 0 Å². The van der Waals surface area contributed by atoms with Gasteiger partial charge in [0.25, 0.3) is 0 Å². The summed E-state index contributed by atoms with van der Waals surface area (Å²) in [6, 6.07) is 12.4. The van der Waals surface area contributed by atoms with E-state index < -0.39 is 5.97 Å². The first-order valence-electron chi connectivity index (χ1n) is 5.39. The summed E-state index contributed by atoms with van der Waals surface area (Å²) in [5.74, 6) is -0.495. The van der Waals surface area contributed by atoms with Crippen LogP contribution in [0.5, 0.6) is 17.2 Å². The average molecular weight is 262 g/mol. The summed E-state index contributed by atoms with van der Waals surface area (Å²) in [7, 11) is 1.43. The number of ether oxygens (including phenoxy) is 1. The van der Waals surface area contributed by atoms with Gasteiger partial charge in [-0.2, -0.15) is 0 Å². The SMILES string of the molecule is COc1cc(O)ccc1O.O=C(O)c1ccccc1. The third kappa shape index (κ3) is 4.59. The van der Waals surface area contributed by atoms with E-state index in [0.29, 0.717) is 5.56 Å². The van der Waals surface area contributed by atoms with Crippen LogP contribution in [0.2, 0.25) is 0 Å². The van der Waals surface area contributed by atoms with Crippen LogP contribution in [0.15, 0.2) is 48.5 Å². The molecule has 0 amide bonds. The lowest BCUT2D eigenvalue weighted by atomic mass is 10.2. The highest BCUT2D eigenvalue weighted by Crippen LogP contribution is 2.28. The van der Waals surface area contributed by atoms with E-state index in [1.54, 1.807) is 30.3 Å². The van der Waals surface area contributed by atoms with E-state index in [1.807, 2.05) is 0 Å². The maximum Gasteiger partial charge on any atom is 0.335 e. The van der Waals surface area contributed by atoms with Crippen molar-refractivity contribution in [2.45, 2.75) is 0 Å². The van der Waals surface area contributed by atoms with E-state index >= 15 is 0 Å². The van der Waals surface area contributed by atoms with Gasteiger partial charge in [-0.1, -0.05) is 18.2 Å². The second-order valence-electron chi connectivity index (χ2n) is 3.53. The largest absolute Gasteiger partial charge is 0.508 e. The second kappa shape index (κ2) is 6.90. The maximum absolute atomic E-state index is 10.2. The van der Waals surface area contributed by atoms with Crippen molar-refractivity contribution < 1.29 is 24.9 Å². The predicted octanol–water partition coefficient (Wildman–Crippen LogP) is 2.49. The second-order valence-corrected chi connectivity index (χ2v) is 3.53. The molecule has 0 saturated heterocycles. The minimum Gasteiger partial charge on any atom is -0.508 e. The van der Waals surface area contributed by atoms with Crippen LogP contribution in [-0.4, -0.2) is 28.4 Å². The number of hydrogen-bond donors (Lipinski definition) is 3. The van der Waals surface area contributed by atoms with Crippen LogP contribution in [0, 0.1) is 0 Å².